The molecule has 20 heavy (non-hydrogen) atoms. The van der Waals surface area contributed by atoms with Crippen molar-refractivity contribution in [3.05, 3.63) is 27.7 Å². The monoisotopic (exact) mass is 340 g/mol. The van der Waals surface area contributed by atoms with Crippen molar-refractivity contribution >= 4 is 39.0 Å². The number of hydrogen-bond acceptors (Lipinski definition) is 4. The molecule has 0 amide bonds. The third-order valence-electron chi connectivity index (χ3n) is 2.49. The second-order valence-electron chi connectivity index (χ2n) is 3.94. The molecular formula is C12H14Cl2O5S. The topological polar surface area (TPSA) is 80.7 Å². The van der Waals surface area contributed by atoms with E-state index in [1.165, 1.54) is 0 Å². The van der Waals surface area contributed by atoms with Crippen molar-refractivity contribution < 1.29 is 23.1 Å². The molecule has 8 heteroatoms. The number of halogens is 2. The van der Waals surface area contributed by atoms with Crippen molar-refractivity contribution in [2.24, 2.45) is 0 Å². The quantitative estimate of drug-likeness (QED) is 0.772. The molecule has 5 nitrogen and oxygen atoms in total. The van der Waals surface area contributed by atoms with E-state index in [1.54, 1.807) is 0 Å². The third kappa shape index (κ3) is 4.34. The lowest BCUT2D eigenvalue weighted by Crippen LogP contribution is -2.11. The first-order valence-electron chi connectivity index (χ1n) is 5.82. The van der Waals surface area contributed by atoms with Crippen molar-refractivity contribution in [2.75, 3.05) is 19.0 Å². The van der Waals surface area contributed by atoms with Crippen LogP contribution in [0.3, 0.4) is 0 Å². The summed E-state index contributed by atoms with van der Waals surface area (Å²) >= 11 is 11.6. The van der Waals surface area contributed by atoms with E-state index < -0.39 is 15.8 Å². The van der Waals surface area contributed by atoms with Gasteiger partial charge in [0.25, 0.3) is 0 Å². The first-order chi connectivity index (χ1) is 9.29. The van der Waals surface area contributed by atoms with E-state index in [9.17, 15) is 13.2 Å². The van der Waals surface area contributed by atoms with Crippen LogP contribution in [-0.4, -0.2) is 38.5 Å². The predicted molar refractivity (Wildman–Crippen MR) is 76.6 cm³/mol. The molecular weight excluding hydrogens is 327 g/mol. The summed E-state index contributed by atoms with van der Waals surface area (Å²) in [6.07, 6.45) is 0.303. The Hall–Kier alpha value is -0.820. The highest BCUT2D eigenvalue weighted by Gasteiger charge is 2.22. The highest BCUT2D eigenvalue weighted by atomic mass is 35.5. The van der Waals surface area contributed by atoms with Gasteiger partial charge >= 0.3 is 5.97 Å². The minimum Gasteiger partial charge on any atom is -0.478 e. The molecule has 1 aromatic carbocycles. The van der Waals surface area contributed by atoms with Gasteiger partial charge in [-0.1, -0.05) is 23.2 Å². The molecule has 1 aromatic rings. The first kappa shape index (κ1) is 17.2. The normalized spacial score (nSPS) is 11.6. The number of carbonyl (C=O) groups is 1. The van der Waals surface area contributed by atoms with Crippen molar-refractivity contribution in [1.29, 1.82) is 0 Å². The molecule has 0 aliphatic carbocycles. The van der Waals surface area contributed by atoms with Crippen LogP contribution in [0.15, 0.2) is 17.0 Å². The van der Waals surface area contributed by atoms with Crippen LogP contribution in [0.5, 0.6) is 0 Å². The highest BCUT2D eigenvalue weighted by Crippen LogP contribution is 2.29. The summed E-state index contributed by atoms with van der Waals surface area (Å²) in [5.74, 6) is -1.48. The van der Waals surface area contributed by atoms with E-state index in [1.807, 2.05) is 6.92 Å². The minimum absolute atomic E-state index is 0.0867. The van der Waals surface area contributed by atoms with Crippen molar-refractivity contribution in [2.45, 2.75) is 18.2 Å². The average Bonchev–Trinajstić information content (AvgIpc) is 2.33. The number of rotatable bonds is 7. The van der Waals surface area contributed by atoms with Gasteiger partial charge in [-0.05, 0) is 25.5 Å². The summed E-state index contributed by atoms with van der Waals surface area (Å²) in [4.78, 5) is 10.7. The second-order valence-corrected chi connectivity index (χ2v) is 6.83. The van der Waals surface area contributed by atoms with Gasteiger partial charge < -0.3 is 9.84 Å². The molecule has 0 saturated carbocycles. The summed E-state index contributed by atoms with van der Waals surface area (Å²) in [5, 5.41) is 8.76. The first-order valence-corrected chi connectivity index (χ1v) is 8.23. The van der Waals surface area contributed by atoms with Crippen LogP contribution in [0, 0.1) is 0 Å². The summed E-state index contributed by atoms with van der Waals surface area (Å²) < 4.78 is 29.3. The van der Waals surface area contributed by atoms with Crippen LogP contribution in [0.2, 0.25) is 10.0 Å². The number of hydrogen-bond donors (Lipinski definition) is 1. The van der Waals surface area contributed by atoms with Crippen molar-refractivity contribution in [3.63, 3.8) is 0 Å². The van der Waals surface area contributed by atoms with Gasteiger partial charge in [0.2, 0.25) is 0 Å². The van der Waals surface area contributed by atoms with Crippen molar-refractivity contribution in [1.82, 2.24) is 0 Å². The third-order valence-corrected chi connectivity index (χ3v) is 5.06. The van der Waals surface area contributed by atoms with E-state index in [-0.39, 0.29) is 26.3 Å². The largest absolute Gasteiger partial charge is 0.478 e. The lowest BCUT2D eigenvalue weighted by atomic mass is 10.2. The number of aromatic carboxylic acids is 1. The minimum atomic E-state index is -3.68. The zero-order valence-electron chi connectivity index (χ0n) is 10.7. The number of sulfone groups is 1. The molecule has 0 spiro atoms. The molecule has 1 rings (SSSR count). The molecule has 0 aliphatic rings. The summed E-state index contributed by atoms with van der Waals surface area (Å²) in [5.41, 5.74) is -0.292. The number of carboxylic acids is 1. The van der Waals surface area contributed by atoms with Crippen LogP contribution >= 0.6 is 23.2 Å². The Kier molecular flexibility index (Phi) is 6.26. The summed E-state index contributed by atoms with van der Waals surface area (Å²) in [7, 11) is -3.68. The van der Waals surface area contributed by atoms with E-state index in [4.69, 9.17) is 33.0 Å². The van der Waals surface area contributed by atoms with E-state index in [2.05, 4.69) is 0 Å². The number of ether oxygens (including phenoxy) is 1. The van der Waals surface area contributed by atoms with Gasteiger partial charge in [-0.15, -0.1) is 0 Å². The SMILES string of the molecule is CCOCCCS(=O)(=O)c1cc(C(=O)O)c(Cl)cc1Cl. The summed E-state index contributed by atoms with van der Waals surface area (Å²) in [6, 6.07) is 2.12. The van der Waals surface area contributed by atoms with Crippen LogP contribution < -0.4 is 0 Å². The molecule has 0 fully saturated rings. The Morgan fingerprint density at radius 1 is 1.30 bits per heavy atom. The maximum atomic E-state index is 12.1. The molecule has 0 radical (unpaired) electrons. The van der Waals surface area contributed by atoms with Gasteiger partial charge in [-0.25, -0.2) is 13.2 Å². The Bertz CT molecular complexity index is 598. The second kappa shape index (κ2) is 7.26. The molecule has 0 bridgehead atoms. The molecule has 0 heterocycles. The fraction of sp³-hybridized carbons (Fsp3) is 0.417. The standard InChI is InChI=1S/C12H14Cl2O5S/c1-2-19-4-3-5-20(17,18)11-6-8(12(15)16)9(13)7-10(11)14/h6-7H,2-5H2,1H3,(H,15,16). The molecule has 0 atom stereocenters. The molecule has 0 unspecified atom stereocenters. The maximum absolute atomic E-state index is 12.1. The van der Waals surface area contributed by atoms with Crippen LogP contribution in [0.4, 0.5) is 0 Å². The van der Waals surface area contributed by atoms with E-state index >= 15 is 0 Å². The maximum Gasteiger partial charge on any atom is 0.337 e. The lowest BCUT2D eigenvalue weighted by Gasteiger charge is -2.09. The number of benzene rings is 1. The average molecular weight is 341 g/mol. The van der Waals surface area contributed by atoms with Gasteiger partial charge in [0.1, 0.15) is 0 Å². The van der Waals surface area contributed by atoms with E-state index in [0.717, 1.165) is 12.1 Å². The predicted octanol–water partition coefficient (Wildman–Crippen LogP) is 2.89. The van der Waals surface area contributed by atoms with Gasteiger partial charge in [0.15, 0.2) is 9.84 Å². The highest BCUT2D eigenvalue weighted by molar-refractivity contribution is 7.91. The van der Waals surface area contributed by atoms with Gasteiger partial charge in [-0.2, -0.15) is 0 Å². The molecule has 0 aromatic heterocycles. The fourth-order valence-corrected chi connectivity index (χ4v) is 3.72. The van der Waals surface area contributed by atoms with Gasteiger partial charge in [-0.3, -0.25) is 0 Å². The Morgan fingerprint density at radius 2 is 1.95 bits per heavy atom. The van der Waals surface area contributed by atoms with Crippen molar-refractivity contribution in [3.8, 4) is 0 Å². The van der Waals surface area contributed by atoms with Gasteiger partial charge in [0.05, 0.1) is 26.3 Å². The molecule has 0 aliphatic heterocycles. The Labute approximate surface area is 127 Å². The van der Waals surface area contributed by atoms with Crippen LogP contribution in [0.25, 0.3) is 0 Å². The van der Waals surface area contributed by atoms with Gasteiger partial charge in [0, 0.05) is 13.2 Å². The zero-order chi connectivity index (χ0) is 15.3. The molecule has 1 N–H and O–H groups in total. The Morgan fingerprint density at radius 3 is 2.50 bits per heavy atom. The zero-order valence-corrected chi connectivity index (χ0v) is 13.1. The molecule has 112 valence electrons. The summed E-state index contributed by atoms with van der Waals surface area (Å²) in [6.45, 7) is 2.63. The Balaban J connectivity index is 3.05. The smallest absolute Gasteiger partial charge is 0.337 e. The van der Waals surface area contributed by atoms with E-state index in [0.29, 0.717) is 19.6 Å². The number of carboxylic acid groups (broad SMARTS) is 1. The molecule has 0 saturated heterocycles. The fourth-order valence-electron chi connectivity index (χ4n) is 1.54. The lowest BCUT2D eigenvalue weighted by molar-refractivity contribution is 0.0697. The van der Waals surface area contributed by atoms with Crippen LogP contribution in [-0.2, 0) is 14.6 Å². The van der Waals surface area contributed by atoms with Crippen LogP contribution in [0.1, 0.15) is 23.7 Å².